The lowest BCUT2D eigenvalue weighted by atomic mass is 10.1. The number of carbonyl (C=O) groups excluding carboxylic acids is 2. The van der Waals surface area contributed by atoms with E-state index in [0.717, 1.165) is 16.4 Å². The number of fused-ring (bicyclic) bond motifs is 3. The molecule has 3 aromatic rings. The molecule has 1 unspecified atom stereocenters. The van der Waals surface area contributed by atoms with E-state index in [9.17, 15) is 9.59 Å². The summed E-state index contributed by atoms with van der Waals surface area (Å²) >= 11 is 0. The zero-order valence-electron chi connectivity index (χ0n) is 13.9. The van der Waals surface area contributed by atoms with E-state index < -0.39 is 11.8 Å². The van der Waals surface area contributed by atoms with E-state index in [1.165, 1.54) is 0 Å². The molecule has 0 saturated carbocycles. The van der Waals surface area contributed by atoms with Gasteiger partial charge in [0, 0.05) is 35.2 Å². The Labute approximate surface area is 144 Å². The van der Waals surface area contributed by atoms with Crippen LogP contribution in [0.3, 0.4) is 0 Å². The lowest BCUT2D eigenvalue weighted by molar-refractivity contribution is -0.136. The van der Waals surface area contributed by atoms with Gasteiger partial charge in [0.25, 0.3) is 0 Å². The van der Waals surface area contributed by atoms with Crippen LogP contribution in [0.15, 0.2) is 46.9 Å². The second-order valence-corrected chi connectivity index (χ2v) is 5.85. The van der Waals surface area contributed by atoms with Crippen LogP contribution >= 0.6 is 0 Å². The molecule has 0 spiro atoms. The Kier molecular flexibility index (Phi) is 5.00. The highest BCUT2D eigenvalue weighted by atomic mass is 16.3. The molecular formula is C19H20N2O4. The topological polar surface area (TPSA) is 91.6 Å². The van der Waals surface area contributed by atoms with Crippen molar-refractivity contribution in [2.24, 2.45) is 0 Å². The van der Waals surface area contributed by atoms with Crippen LogP contribution in [0.25, 0.3) is 21.9 Å². The molecule has 2 aromatic carbocycles. The molecule has 0 aliphatic heterocycles. The molecule has 0 saturated heterocycles. The van der Waals surface area contributed by atoms with Gasteiger partial charge in [-0.1, -0.05) is 25.1 Å². The maximum Gasteiger partial charge on any atom is 0.313 e. The van der Waals surface area contributed by atoms with Crippen LogP contribution < -0.4 is 10.6 Å². The lowest BCUT2D eigenvalue weighted by Crippen LogP contribution is -2.42. The van der Waals surface area contributed by atoms with Crippen molar-refractivity contribution in [3.8, 4) is 0 Å². The number of aliphatic hydroxyl groups is 1. The van der Waals surface area contributed by atoms with Gasteiger partial charge in [0.1, 0.15) is 11.2 Å². The number of furan rings is 1. The fourth-order valence-corrected chi connectivity index (χ4v) is 2.78. The number of amides is 2. The average molecular weight is 340 g/mol. The summed E-state index contributed by atoms with van der Waals surface area (Å²) in [6, 6.07) is 12.8. The number of rotatable bonds is 5. The largest absolute Gasteiger partial charge is 0.456 e. The second-order valence-electron chi connectivity index (χ2n) is 5.85. The van der Waals surface area contributed by atoms with Crippen molar-refractivity contribution in [1.82, 2.24) is 5.32 Å². The summed E-state index contributed by atoms with van der Waals surface area (Å²) in [4.78, 5) is 24.0. The number of anilines is 1. The van der Waals surface area contributed by atoms with Gasteiger partial charge in [0.2, 0.25) is 0 Å². The molecule has 1 heterocycles. The van der Waals surface area contributed by atoms with Gasteiger partial charge in [-0.25, -0.2) is 0 Å². The Bertz CT molecular complexity index is 916. The van der Waals surface area contributed by atoms with Gasteiger partial charge in [0.05, 0.1) is 0 Å². The highest BCUT2D eigenvalue weighted by molar-refractivity contribution is 6.39. The van der Waals surface area contributed by atoms with Crippen molar-refractivity contribution >= 4 is 39.4 Å². The summed E-state index contributed by atoms with van der Waals surface area (Å²) in [7, 11) is 0. The minimum atomic E-state index is -0.744. The van der Waals surface area contributed by atoms with Gasteiger partial charge >= 0.3 is 11.8 Å². The number of aliphatic hydroxyl groups excluding tert-OH is 1. The van der Waals surface area contributed by atoms with Crippen molar-refractivity contribution < 1.29 is 19.1 Å². The summed E-state index contributed by atoms with van der Waals surface area (Å²) in [6.45, 7) is 1.84. The quantitative estimate of drug-likeness (QED) is 0.623. The molecule has 0 radical (unpaired) electrons. The van der Waals surface area contributed by atoms with Crippen molar-refractivity contribution in [2.45, 2.75) is 25.8 Å². The minimum absolute atomic E-state index is 0.0386. The van der Waals surface area contributed by atoms with Gasteiger partial charge < -0.3 is 20.2 Å². The molecule has 0 aliphatic carbocycles. The number of hydrogen-bond acceptors (Lipinski definition) is 4. The predicted octanol–water partition coefficient (Wildman–Crippen LogP) is 2.80. The number of carbonyl (C=O) groups is 2. The second kappa shape index (κ2) is 7.36. The Morgan fingerprint density at radius 1 is 1.08 bits per heavy atom. The fourth-order valence-electron chi connectivity index (χ4n) is 2.78. The van der Waals surface area contributed by atoms with Crippen molar-refractivity contribution in [3.05, 3.63) is 42.5 Å². The molecule has 0 aliphatic rings. The average Bonchev–Trinajstić information content (AvgIpc) is 2.98. The SMILES string of the molecule is CCC(CCO)NC(=O)C(=O)Nc1ccc2c(c1)oc1ccccc12. The van der Waals surface area contributed by atoms with Crippen LogP contribution in [0.4, 0.5) is 5.69 Å². The number of nitrogens with one attached hydrogen (secondary N) is 2. The maximum absolute atomic E-state index is 12.1. The molecule has 0 fully saturated rings. The van der Waals surface area contributed by atoms with E-state index >= 15 is 0 Å². The van der Waals surface area contributed by atoms with E-state index in [1.807, 2.05) is 37.3 Å². The monoisotopic (exact) mass is 340 g/mol. The fraction of sp³-hybridized carbons (Fsp3) is 0.263. The van der Waals surface area contributed by atoms with Crippen LogP contribution in [0.5, 0.6) is 0 Å². The molecule has 25 heavy (non-hydrogen) atoms. The minimum Gasteiger partial charge on any atom is -0.456 e. The molecule has 3 N–H and O–H groups in total. The normalized spacial score (nSPS) is 12.2. The zero-order chi connectivity index (χ0) is 17.8. The lowest BCUT2D eigenvalue weighted by Gasteiger charge is -2.15. The summed E-state index contributed by atoms with van der Waals surface area (Å²) in [6.07, 6.45) is 1.06. The Hall–Kier alpha value is -2.86. The summed E-state index contributed by atoms with van der Waals surface area (Å²) < 4.78 is 5.77. The summed E-state index contributed by atoms with van der Waals surface area (Å²) in [5, 5.41) is 16.1. The van der Waals surface area contributed by atoms with E-state index in [2.05, 4.69) is 10.6 Å². The first-order valence-corrected chi connectivity index (χ1v) is 8.26. The Morgan fingerprint density at radius 3 is 2.60 bits per heavy atom. The Morgan fingerprint density at radius 2 is 1.84 bits per heavy atom. The van der Waals surface area contributed by atoms with E-state index in [4.69, 9.17) is 9.52 Å². The highest BCUT2D eigenvalue weighted by Gasteiger charge is 2.18. The third kappa shape index (κ3) is 3.64. The van der Waals surface area contributed by atoms with Crippen LogP contribution in [0.1, 0.15) is 19.8 Å². The van der Waals surface area contributed by atoms with Gasteiger partial charge in [-0.15, -0.1) is 0 Å². The molecule has 6 heteroatoms. The third-order valence-corrected chi connectivity index (χ3v) is 4.15. The number of benzene rings is 2. The number of para-hydroxylation sites is 1. The molecule has 2 amide bonds. The molecule has 130 valence electrons. The summed E-state index contributed by atoms with van der Waals surface area (Å²) in [5.41, 5.74) is 1.90. The van der Waals surface area contributed by atoms with E-state index in [0.29, 0.717) is 24.1 Å². The standard InChI is InChI=1S/C19H20N2O4/c1-2-12(9-10-22)20-18(23)19(24)21-13-7-8-15-14-5-3-4-6-16(14)25-17(15)11-13/h3-8,11-12,22H,2,9-10H2,1H3,(H,20,23)(H,21,24). The third-order valence-electron chi connectivity index (χ3n) is 4.15. The van der Waals surface area contributed by atoms with Gasteiger partial charge in [-0.2, -0.15) is 0 Å². The predicted molar refractivity (Wildman–Crippen MR) is 96.3 cm³/mol. The molecule has 3 rings (SSSR count). The number of hydrogen-bond donors (Lipinski definition) is 3. The van der Waals surface area contributed by atoms with Gasteiger partial charge in [-0.3, -0.25) is 9.59 Å². The van der Waals surface area contributed by atoms with Gasteiger partial charge in [0.15, 0.2) is 0 Å². The van der Waals surface area contributed by atoms with Gasteiger partial charge in [-0.05, 0) is 31.0 Å². The van der Waals surface area contributed by atoms with E-state index in [1.54, 1.807) is 12.1 Å². The smallest absolute Gasteiger partial charge is 0.313 e. The zero-order valence-corrected chi connectivity index (χ0v) is 13.9. The van der Waals surface area contributed by atoms with Crippen molar-refractivity contribution in [3.63, 3.8) is 0 Å². The van der Waals surface area contributed by atoms with Crippen LogP contribution in [-0.2, 0) is 9.59 Å². The molecular weight excluding hydrogens is 320 g/mol. The first-order valence-electron chi connectivity index (χ1n) is 8.26. The molecule has 0 bridgehead atoms. The maximum atomic E-state index is 12.1. The first kappa shape index (κ1) is 17.0. The van der Waals surface area contributed by atoms with Crippen molar-refractivity contribution in [1.29, 1.82) is 0 Å². The van der Waals surface area contributed by atoms with E-state index in [-0.39, 0.29) is 12.6 Å². The van der Waals surface area contributed by atoms with Crippen LogP contribution in [-0.4, -0.2) is 29.6 Å². The molecule has 1 aromatic heterocycles. The first-order chi connectivity index (χ1) is 12.1. The Balaban J connectivity index is 1.74. The van der Waals surface area contributed by atoms with Crippen LogP contribution in [0.2, 0.25) is 0 Å². The van der Waals surface area contributed by atoms with Crippen molar-refractivity contribution in [2.75, 3.05) is 11.9 Å². The molecule has 6 nitrogen and oxygen atoms in total. The summed E-state index contributed by atoms with van der Waals surface area (Å²) in [5.74, 6) is -1.46. The van der Waals surface area contributed by atoms with Crippen LogP contribution in [0, 0.1) is 0 Å². The molecule has 1 atom stereocenters. The highest BCUT2D eigenvalue weighted by Crippen LogP contribution is 2.30.